The maximum absolute atomic E-state index is 11.6. The second-order valence-corrected chi connectivity index (χ2v) is 6.51. The summed E-state index contributed by atoms with van der Waals surface area (Å²) in [6.07, 6.45) is -0.729. The Morgan fingerprint density at radius 1 is 1.03 bits per heavy atom. The van der Waals surface area contributed by atoms with E-state index in [1.807, 2.05) is 36.4 Å². The molecular formula is C24H22N2O4. The minimum Gasteiger partial charge on any atom is -0.493 e. The van der Waals surface area contributed by atoms with E-state index < -0.39 is 12.2 Å². The number of carbonyl (C=O) groups is 1. The lowest BCUT2D eigenvalue weighted by molar-refractivity contribution is -0.145. The largest absolute Gasteiger partial charge is 0.493 e. The Labute approximate surface area is 175 Å². The Morgan fingerprint density at radius 3 is 2.40 bits per heavy atom. The maximum Gasteiger partial charge on any atom is 0.304 e. The Morgan fingerprint density at radius 2 is 1.77 bits per heavy atom. The van der Waals surface area contributed by atoms with E-state index in [0.717, 1.165) is 5.56 Å². The van der Waals surface area contributed by atoms with Crippen molar-refractivity contribution in [2.75, 3.05) is 12.4 Å². The third-order valence-electron chi connectivity index (χ3n) is 4.32. The summed E-state index contributed by atoms with van der Waals surface area (Å²) in [4.78, 5) is 11.6. The fraction of sp³-hybridized carbons (Fsp3) is 0.167. The normalized spacial score (nSPS) is 11.1. The van der Waals surface area contributed by atoms with Gasteiger partial charge in [-0.2, -0.15) is 5.26 Å². The Kier molecular flexibility index (Phi) is 6.91. The molecule has 0 aliphatic heterocycles. The molecule has 1 N–H and O–H groups in total. The number of methoxy groups -OCH3 is 1. The van der Waals surface area contributed by atoms with Crippen LogP contribution in [-0.4, -0.2) is 13.1 Å². The van der Waals surface area contributed by atoms with Gasteiger partial charge in [-0.05, 0) is 48.0 Å². The van der Waals surface area contributed by atoms with Crippen molar-refractivity contribution in [3.05, 3.63) is 89.5 Å². The first-order valence-electron chi connectivity index (χ1n) is 9.37. The molecule has 3 rings (SSSR count). The van der Waals surface area contributed by atoms with Crippen LogP contribution in [0.25, 0.3) is 0 Å². The molecule has 0 spiro atoms. The molecule has 1 atom stereocenters. The number of nitrogens with one attached hydrogen (secondary N) is 1. The summed E-state index contributed by atoms with van der Waals surface area (Å²) in [6, 6.07) is 24.2. The quantitative estimate of drug-likeness (QED) is 0.430. The second kappa shape index (κ2) is 9.99. The predicted molar refractivity (Wildman–Crippen MR) is 113 cm³/mol. The van der Waals surface area contributed by atoms with Crippen molar-refractivity contribution in [2.24, 2.45) is 0 Å². The zero-order chi connectivity index (χ0) is 21.3. The lowest BCUT2D eigenvalue weighted by Crippen LogP contribution is -2.17. The number of hydrogen-bond donors (Lipinski definition) is 1. The van der Waals surface area contributed by atoms with Crippen LogP contribution in [0, 0.1) is 11.3 Å². The Hall–Kier alpha value is -3.98. The van der Waals surface area contributed by atoms with E-state index in [2.05, 4.69) is 11.4 Å². The van der Waals surface area contributed by atoms with Crippen molar-refractivity contribution in [3.8, 4) is 17.6 Å². The molecule has 1 unspecified atom stereocenters. The van der Waals surface area contributed by atoms with Crippen molar-refractivity contribution in [2.45, 2.75) is 19.8 Å². The van der Waals surface area contributed by atoms with Crippen LogP contribution in [0.3, 0.4) is 0 Å². The van der Waals surface area contributed by atoms with Gasteiger partial charge in [0.05, 0.1) is 18.7 Å². The molecule has 0 saturated carbocycles. The summed E-state index contributed by atoms with van der Waals surface area (Å²) in [5, 5.41) is 12.1. The topological polar surface area (TPSA) is 80.6 Å². The van der Waals surface area contributed by atoms with Gasteiger partial charge in [0.15, 0.2) is 17.7 Å². The third-order valence-corrected chi connectivity index (χ3v) is 4.32. The van der Waals surface area contributed by atoms with Crippen LogP contribution >= 0.6 is 0 Å². The third kappa shape index (κ3) is 5.52. The molecule has 6 heteroatoms. The first-order valence-corrected chi connectivity index (χ1v) is 9.37. The van der Waals surface area contributed by atoms with Crippen molar-refractivity contribution < 1.29 is 19.0 Å². The predicted octanol–water partition coefficient (Wildman–Crippen LogP) is 4.82. The van der Waals surface area contributed by atoms with Crippen LogP contribution in [0.2, 0.25) is 0 Å². The number of benzene rings is 3. The number of rotatable bonds is 8. The minimum absolute atomic E-state index is 0.410. The van der Waals surface area contributed by atoms with Crippen molar-refractivity contribution >= 4 is 11.7 Å². The zero-order valence-corrected chi connectivity index (χ0v) is 16.8. The van der Waals surface area contributed by atoms with Crippen molar-refractivity contribution in [3.63, 3.8) is 0 Å². The van der Waals surface area contributed by atoms with Gasteiger partial charge in [0.25, 0.3) is 0 Å². The van der Waals surface area contributed by atoms with Crippen molar-refractivity contribution in [1.29, 1.82) is 5.26 Å². The fourth-order valence-corrected chi connectivity index (χ4v) is 2.84. The van der Waals surface area contributed by atoms with Gasteiger partial charge >= 0.3 is 5.97 Å². The van der Waals surface area contributed by atoms with E-state index in [4.69, 9.17) is 19.5 Å². The molecular weight excluding hydrogens is 380 g/mol. The number of nitriles is 1. The van der Waals surface area contributed by atoms with Gasteiger partial charge in [0, 0.05) is 18.2 Å². The first kappa shape index (κ1) is 20.7. The van der Waals surface area contributed by atoms with E-state index in [-0.39, 0.29) is 0 Å². The van der Waals surface area contributed by atoms with Gasteiger partial charge in [-0.1, -0.05) is 30.3 Å². The van der Waals surface area contributed by atoms with Crippen LogP contribution in [0.1, 0.15) is 29.8 Å². The Bertz CT molecular complexity index is 1030. The van der Waals surface area contributed by atoms with Crippen LogP contribution in [-0.2, 0) is 16.1 Å². The molecule has 0 aromatic heterocycles. The highest BCUT2D eigenvalue weighted by Gasteiger charge is 2.18. The van der Waals surface area contributed by atoms with E-state index in [1.165, 1.54) is 6.92 Å². The second-order valence-electron chi connectivity index (χ2n) is 6.51. The fourth-order valence-electron chi connectivity index (χ4n) is 2.84. The zero-order valence-electron chi connectivity index (χ0n) is 16.8. The van der Waals surface area contributed by atoms with E-state index in [9.17, 15) is 4.79 Å². The average molecular weight is 402 g/mol. The lowest BCUT2D eigenvalue weighted by atomic mass is 10.1. The molecule has 3 aromatic rings. The highest BCUT2D eigenvalue weighted by atomic mass is 16.6. The molecule has 0 fully saturated rings. The maximum atomic E-state index is 11.6. The Balaban J connectivity index is 1.80. The molecule has 6 nitrogen and oxygen atoms in total. The summed E-state index contributed by atoms with van der Waals surface area (Å²) >= 11 is 0. The summed E-state index contributed by atoms with van der Waals surface area (Å²) in [5.74, 6) is 0.691. The average Bonchev–Trinajstić information content (AvgIpc) is 2.78. The number of hydrogen-bond acceptors (Lipinski definition) is 6. The van der Waals surface area contributed by atoms with Gasteiger partial charge in [-0.3, -0.25) is 4.79 Å². The standard InChI is InChI=1S/C24H22N2O4/c1-17(27)30-24(26-21-11-8-18(15-25)9-12-21)20-10-13-22(23(14-20)28-2)29-16-19-6-4-3-5-7-19/h3-14,24,26H,16H2,1-2H3. The van der Waals surface area contributed by atoms with Crippen molar-refractivity contribution in [1.82, 2.24) is 0 Å². The molecule has 30 heavy (non-hydrogen) atoms. The molecule has 0 amide bonds. The SMILES string of the molecule is COc1cc(C(Nc2ccc(C#N)cc2)OC(C)=O)ccc1OCc1ccccc1. The minimum atomic E-state index is -0.729. The van der Waals surface area contributed by atoms with E-state index in [1.54, 1.807) is 43.5 Å². The molecule has 0 saturated heterocycles. The molecule has 0 aliphatic rings. The highest BCUT2D eigenvalue weighted by molar-refractivity contribution is 5.67. The molecule has 152 valence electrons. The summed E-state index contributed by atoms with van der Waals surface area (Å²) in [6.45, 7) is 1.76. The monoisotopic (exact) mass is 402 g/mol. The van der Waals surface area contributed by atoms with Gasteiger partial charge in [0.1, 0.15) is 6.61 Å². The van der Waals surface area contributed by atoms with E-state index in [0.29, 0.717) is 34.9 Å². The summed E-state index contributed by atoms with van der Waals surface area (Å²) < 4.78 is 16.8. The lowest BCUT2D eigenvalue weighted by Gasteiger charge is -2.21. The number of carbonyl (C=O) groups excluding carboxylic acids is 1. The first-order chi connectivity index (χ1) is 14.6. The summed E-state index contributed by atoms with van der Waals surface area (Å²) in [7, 11) is 1.56. The number of nitrogens with zero attached hydrogens (tertiary/aromatic N) is 1. The molecule has 0 radical (unpaired) electrons. The van der Waals surface area contributed by atoms with Crippen LogP contribution in [0.15, 0.2) is 72.8 Å². The van der Waals surface area contributed by atoms with Crippen LogP contribution < -0.4 is 14.8 Å². The number of anilines is 1. The highest BCUT2D eigenvalue weighted by Crippen LogP contribution is 2.32. The van der Waals surface area contributed by atoms with Gasteiger partial charge < -0.3 is 19.5 Å². The van der Waals surface area contributed by atoms with Crippen LogP contribution in [0.4, 0.5) is 5.69 Å². The van der Waals surface area contributed by atoms with Crippen LogP contribution in [0.5, 0.6) is 11.5 Å². The van der Waals surface area contributed by atoms with E-state index >= 15 is 0 Å². The number of ether oxygens (including phenoxy) is 3. The number of esters is 1. The van der Waals surface area contributed by atoms with Gasteiger partial charge in [-0.15, -0.1) is 0 Å². The molecule has 0 aliphatic carbocycles. The van der Waals surface area contributed by atoms with Gasteiger partial charge in [0.2, 0.25) is 0 Å². The molecule has 0 heterocycles. The summed E-state index contributed by atoms with van der Waals surface area (Å²) in [5.41, 5.74) is 3.00. The molecule has 0 bridgehead atoms. The molecule has 3 aromatic carbocycles. The van der Waals surface area contributed by atoms with Gasteiger partial charge in [-0.25, -0.2) is 0 Å². The smallest absolute Gasteiger partial charge is 0.304 e.